The first-order valence-corrected chi connectivity index (χ1v) is 7.27. The van der Waals surface area contributed by atoms with Crippen molar-refractivity contribution in [3.05, 3.63) is 46.6 Å². The highest BCUT2D eigenvalue weighted by Gasteiger charge is 2.08. The number of nitrogens with one attached hydrogen (secondary N) is 2. The minimum atomic E-state index is -0.351. The summed E-state index contributed by atoms with van der Waals surface area (Å²) in [7, 11) is 0. The minimum Gasteiger partial charge on any atom is -0.389 e. The molecule has 0 aliphatic rings. The summed E-state index contributed by atoms with van der Waals surface area (Å²) in [6, 6.07) is 9.50. The Morgan fingerprint density at radius 2 is 2.14 bits per heavy atom. The van der Waals surface area contributed by atoms with Crippen LogP contribution in [0.4, 0.5) is 0 Å². The molecule has 5 heteroatoms. The maximum absolute atomic E-state index is 11.7. The van der Waals surface area contributed by atoms with Crippen molar-refractivity contribution < 1.29 is 4.79 Å². The second-order valence-electron chi connectivity index (χ2n) is 5.07. The smallest absolute Gasteiger partial charge is 0.263 e. The molecule has 0 radical (unpaired) electrons. The minimum absolute atomic E-state index is 0.0785. The highest BCUT2D eigenvalue weighted by atomic mass is 35.5. The van der Waals surface area contributed by atoms with E-state index in [1.807, 2.05) is 44.2 Å². The lowest BCUT2D eigenvalue weighted by Crippen LogP contribution is -2.29. The van der Waals surface area contributed by atoms with Crippen LogP contribution in [0.5, 0.6) is 0 Å². The summed E-state index contributed by atoms with van der Waals surface area (Å²) in [4.78, 5) is 11.7. The number of amides is 1. The summed E-state index contributed by atoms with van der Waals surface area (Å²) in [6.07, 6.45) is 2.18. The third kappa shape index (κ3) is 6.33. The van der Waals surface area contributed by atoms with Crippen LogP contribution in [0.15, 0.2) is 36.0 Å². The monoisotopic (exact) mass is 305 g/mol. The zero-order valence-corrected chi connectivity index (χ0v) is 13.1. The Balaban J connectivity index is 2.45. The number of carbonyl (C=O) groups is 1. The topological polar surface area (TPSA) is 64.9 Å². The zero-order chi connectivity index (χ0) is 15.7. The Bertz CT molecular complexity index is 547. The van der Waals surface area contributed by atoms with Gasteiger partial charge in [0.1, 0.15) is 11.6 Å². The lowest BCUT2D eigenvalue weighted by Gasteiger charge is -2.07. The SMILES string of the molecule is CC(C)CNC(=O)/C(C#N)=C\NCCc1ccccc1Cl. The molecule has 1 amide bonds. The van der Waals surface area contributed by atoms with Crippen molar-refractivity contribution in [3.8, 4) is 6.07 Å². The first-order chi connectivity index (χ1) is 10.0. The molecule has 1 rings (SSSR count). The molecule has 2 N–H and O–H groups in total. The number of hydrogen-bond donors (Lipinski definition) is 2. The summed E-state index contributed by atoms with van der Waals surface area (Å²) < 4.78 is 0. The molecule has 0 unspecified atom stereocenters. The van der Waals surface area contributed by atoms with Gasteiger partial charge in [0.05, 0.1) is 0 Å². The fraction of sp³-hybridized carbons (Fsp3) is 0.375. The molecular formula is C16H20ClN3O. The Morgan fingerprint density at radius 3 is 2.76 bits per heavy atom. The van der Waals surface area contributed by atoms with Gasteiger partial charge < -0.3 is 10.6 Å². The molecule has 0 fully saturated rings. The number of nitrogens with zero attached hydrogens (tertiary/aromatic N) is 1. The lowest BCUT2D eigenvalue weighted by molar-refractivity contribution is -0.117. The fourth-order valence-corrected chi connectivity index (χ4v) is 1.85. The molecule has 1 aromatic rings. The van der Waals surface area contributed by atoms with Crippen LogP contribution in [-0.4, -0.2) is 19.0 Å². The van der Waals surface area contributed by atoms with Gasteiger partial charge in [-0.25, -0.2) is 0 Å². The van der Waals surface area contributed by atoms with E-state index in [1.165, 1.54) is 6.20 Å². The first-order valence-electron chi connectivity index (χ1n) is 6.90. The number of benzene rings is 1. The highest BCUT2D eigenvalue weighted by Crippen LogP contribution is 2.14. The fourth-order valence-electron chi connectivity index (χ4n) is 1.62. The van der Waals surface area contributed by atoms with Gasteiger partial charge >= 0.3 is 0 Å². The Labute approximate surface area is 130 Å². The molecule has 0 aliphatic carbocycles. The Hall–Kier alpha value is -1.99. The maximum atomic E-state index is 11.7. The van der Waals surface area contributed by atoms with Crippen molar-refractivity contribution in [2.45, 2.75) is 20.3 Å². The van der Waals surface area contributed by atoms with E-state index >= 15 is 0 Å². The highest BCUT2D eigenvalue weighted by molar-refractivity contribution is 6.31. The van der Waals surface area contributed by atoms with Gasteiger partial charge in [-0.3, -0.25) is 4.79 Å². The van der Waals surface area contributed by atoms with Crippen LogP contribution in [0.1, 0.15) is 19.4 Å². The molecule has 4 nitrogen and oxygen atoms in total. The van der Waals surface area contributed by atoms with E-state index in [0.29, 0.717) is 19.0 Å². The summed E-state index contributed by atoms with van der Waals surface area (Å²) in [5.74, 6) is -0.00137. The molecule has 0 aliphatic heterocycles. The molecule has 112 valence electrons. The third-order valence-electron chi connectivity index (χ3n) is 2.78. The van der Waals surface area contributed by atoms with E-state index in [4.69, 9.17) is 16.9 Å². The molecule has 0 heterocycles. The molecule has 0 atom stereocenters. The average Bonchev–Trinajstić information content (AvgIpc) is 2.46. The van der Waals surface area contributed by atoms with Crippen LogP contribution in [0.2, 0.25) is 5.02 Å². The number of carbonyl (C=O) groups excluding carboxylic acids is 1. The number of rotatable bonds is 7. The Kier molecular flexibility index (Phi) is 7.34. The molecular weight excluding hydrogens is 286 g/mol. The van der Waals surface area contributed by atoms with E-state index in [2.05, 4.69) is 10.6 Å². The van der Waals surface area contributed by atoms with E-state index in [9.17, 15) is 4.79 Å². The lowest BCUT2D eigenvalue weighted by atomic mass is 10.1. The van der Waals surface area contributed by atoms with Gasteiger partial charge in [-0.15, -0.1) is 0 Å². The van der Waals surface area contributed by atoms with Crippen molar-refractivity contribution in [3.63, 3.8) is 0 Å². The van der Waals surface area contributed by atoms with Crippen LogP contribution in [0.25, 0.3) is 0 Å². The summed E-state index contributed by atoms with van der Waals surface area (Å²) in [5.41, 5.74) is 1.11. The van der Waals surface area contributed by atoms with E-state index in [-0.39, 0.29) is 11.5 Å². The predicted molar refractivity (Wildman–Crippen MR) is 84.7 cm³/mol. The third-order valence-corrected chi connectivity index (χ3v) is 3.15. The number of halogens is 1. The molecule has 0 spiro atoms. The largest absolute Gasteiger partial charge is 0.389 e. The van der Waals surface area contributed by atoms with Crippen molar-refractivity contribution >= 4 is 17.5 Å². The van der Waals surface area contributed by atoms with Crippen molar-refractivity contribution in [2.75, 3.05) is 13.1 Å². The van der Waals surface area contributed by atoms with Gasteiger partial charge in [0, 0.05) is 24.3 Å². The molecule has 0 saturated carbocycles. The Morgan fingerprint density at radius 1 is 1.43 bits per heavy atom. The summed E-state index contributed by atoms with van der Waals surface area (Å²) in [5, 5.41) is 15.4. The van der Waals surface area contributed by atoms with Crippen LogP contribution in [0, 0.1) is 17.2 Å². The second kappa shape index (κ2) is 9.04. The van der Waals surface area contributed by atoms with Gasteiger partial charge in [-0.1, -0.05) is 43.6 Å². The van der Waals surface area contributed by atoms with Crippen LogP contribution in [0.3, 0.4) is 0 Å². The standard InChI is InChI=1S/C16H20ClN3O/c1-12(2)10-20-16(21)14(9-18)11-19-8-7-13-5-3-4-6-15(13)17/h3-6,11-12,19H,7-8,10H2,1-2H3,(H,20,21)/b14-11-. The predicted octanol–water partition coefficient (Wildman–Crippen LogP) is 2.65. The molecule has 0 bridgehead atoms. The maximum Gasteiger partial charge on any atom is 0.263 e. The number of nitriles is 1. The van der Waals surface area contributed by atoms with E-state index < -0.39 is 0 Å². The second-order valence-corrected chi connectivity index (χ2v) is 5.48. The molecule has 21 heavy (non-hydrogen) atoms. The van der Waals surface area contributed by atoms with Crippen molar-refractivity contribution in [1.82, 2.24) is 10.6 Å². The van der Waals surface area contributed by atoms with Crippen LogP contribution >= 0.6 is 11.6 Å². The van der Waals surface area contributed by atoms with Gasteiger partial charge in [-0.2, -0.15) is 5.26 Å². The first kappa shape index (κ1) is 17.1. The zero-order valence-electron chi connectivity index (χ0n) is 12.3. The van der Waals surface area contributed by atoms with Gasteiger partial charge in [0.25, 0.3) is 5.91 Å². The van der Waals surface area contributed by atoms with Gasteiger partial charge in [0.15, 0.2) is 0 Å². The van der Waals surface area contributed by atoms with Gasteiger partial charge in [0.2, 0.25) is 0 Å². The molecule has 0 aromatic heterocycles. The van der Waals surface area contributed by atoms with Crippen LogP contribution in [-0.2, 0) is 11.2 Å². The van der Waals surface area contributed by atoms with Gasteiger partial charge in [-0.05, 0) is 24.0 Å². The van der Waals surface area contributed by atoms with E-state index in [1.54, 1.807) is 0 Å². The van der Waals surface area contributed by atoms with Crippen LogP contribution < -0.4 is 10.6 Å². The summed E-state index contributed by atoms with van der Waals surface area (Å²) >= 11 is 6.05. The van der Waals surface area contributed by atoms with E-state index in [0.717, 1.165) is 17.0 Å². The number of hydrogen-bond acceptors (Lipinski definition) is 3. The average molecular weight is 306 g/mol. The molecule has 0 saturated heterocycles. The van der Waals surface area contributed by atoms with Crippen molar-refractivity contribution in [2.24, 2.45) is 5.92 Å². The normalized spacial score (nSPS) is 11.1. The summed E-state index contributed by atoms with van der Waals surface area (Å²) in [6.45, 7) is 5.15. The van der Waals surface area contributed by atoms with Crippen molar-refractivity contribution in [1.29, 1.82) is 5.26 Å². The molecule has 1 aromatic carbocycles. The quantitative estimate of drug-likeness (QED) is 0.462.